The van der Waals surface area contributed by atoms with E-state index >= 15 is 0 Å². The molecule has 0 aliphatic rings. The molecule has 1 aromatic heterocycles. The maximum absolute atomic E-state index is 4.37. The van der Waals surface area contributed by atoms with Crippen LogP contribution in [0.25, 0.3) is 0 Å². The summed E-state index contributed by atoms with van der Waals surface area (Å²) in [6, 6.07) is 0. The van der Waals surface area contributed by atoms with E-state index in [9.17, 15) is 0 Å². The Kier molecular flexibility index (Phi) is 2.76. The molecule has 0 saturated heterocycles. The van der Waals surface area contributed by atoms with Crippen molar-refractivity contribution < 1.29 is 0 Å². The minimum atomic E-state index is 0.157. The van der Waals surface area contributed by atoms with Gasteiger partial charge in [0.1, 0.15) is 0 Å². The maximum Gasteiger partial charge on any atom is 0.0791 e. The number of hydrogen-bond donors (Lipinski definition) is 1. The lowest BCUT2D eigenvalue weighted by Gasteiger charge is -2.19. The molecule has 0 saturated carbocycles. The van der Waals surface area contributed by atoms with Gasteiger partial charge in [-0.15, -0.1) is 0 Å². The predicted octanol–water partition coefficient (Wildman–Crippen LogP) is 1.62. The molecule has 0 spiro atoms. The highest BCUT2D eigenvalue weighted by atomic mass is 15.3. The molecule has 1 aromatic rings. The number of nitrogens with one attached hydrogen (secondary N) is 1. The van der Waals surface area contributed by atoms with Crippen molar-refractivity contribution in [1.29, 1.82) is 0 Å². The van der Waals surface area contributed by atoms with E-state index in [1.807, 2.05) is 17.9 Å². The summed E-state index contributed by atoms with van der Waals surface area (Å²) in [6.45, 7) is 9.41. The fourth-order valence-corrected chi connectivity index (χ4v) is 1.18. The van der Waals surface area contributed by atoms with E-state index in [1.165, 1.54) is 5.56 Å². The molecule has 1 heterocycles. The van der Waals surface area contributed by atoms with E-state index in [1.54, 1.807) is 0 Å². The average Bonchev–Trinajstić information content (AvgIpc) is 2.24. The van der Waals surface area contributed by atoms with Gasteiger partial charge in [-0.05, 0) is 33.3 Å². The van der Waals surface area contributed by atoms with Gasteiger partial charge in [0.25, 0.3) is 0 Å². The van der Waals surface area contributed by atoms with Crippen molar-refractivity contribution in [1.82, 2.24) is 15.1 Å². The van der Waals surface area contributed by atoms with Gasteiger partial charge in [-0.25, -0.2) is 0 Å². The van der Waals surface area contributed by atoms with Crippen LogP contribution in [0.2, 0.25) is 0 Å². The maximum atomic E-state index is 4.37. The standard InChI is InChI=1S/C10H19N3/c1-8-7-13(5)12-9(8)6-11-10(2,3)4/h7,11H,6H2,1-5H3. The summed E-state index contributed by atoms with van der Waals surface area (Å²) in [5.41, 5.74) is 2.54. The number of hydrogen-bond acceptors (Lipinski definition) is 2. The SMILES string of the molecule is Cc1cn(C)nc1CNC(C)(C)C. The highest BCUT2D eigenvalue weighted by Crippen LogP contribution is 2.06. The first-order valence-electron chi connectivity index (χ1n) is 4.62. The lowest BCUT2D eigenvalue weighted by molar-refractivity contribution is 0.419. The van der Waals surface area contributed by atoms with Gasteiger partial charge in [0, 0.05) is 25.3 Å². The molecule has 0 amide bonds. The van der Waals surface area contributed by atoms with Crippen molar-refractivity contribution in [2.75, 3.05) is 0 Å². The van der Waals surface area contributed by atoms with Crippen LogP contribution in [0.15, 0.2) is 6.20 Å². The normalized spacial score (nSPS) is 12.1. The van der Waals surface area contributed by atoms with Gasteiger partial charge in [-0.1, -0.05) is 0 Å². The average molecular weight is 181 g/mol. The van der Waals surface area contributed by atoms with Crippen LogP contribution in [0.3, 0.4) is 0 Å². The van der Waals surface area contributed by atoms with Crippen molar-refractivity contribution in [2.24, 2.45) is 7.05 Å². The molecule has 0 fully saturated rings. The quantitative estimate of drug-likeness (QED) is 0.751. The summed E-state index contributed by atoms with van der Waals surface area (Å²) in [6.07, 6.45) is 2.04. The molecule has 0 atom stereocenters. The Morgan fingerprint density at radius 2 is 2.08 bits per heavy atom. The van der Waals surface area contributed by atoms with Gasteiger partial charge in [0.05, 0.1) is 5.69 Å². The van der Waals surface area contributed by atoms with E-state index < -0.39 is 0 Å². The molecule has 0 bridgehead atoms. The molecule has 3 nitrogen and oxygen atoms in total. The zero-order valence-corrected chi connectivity index (χ0v) is 9.18. The van der Waals surface area contributed by atoms with Crippen LogP contribution in [-0.2, 0) is 13.6 Å². The summed E-state index contributed by atoms with van der Waals surface area (Å²) < 4.78 is 1.86. The minimum Gasteiger partial charge on any atom is -0.306 e. The first kappa shape index (κ1) is 10.3. The Morgan fingerprint density at radius 3 is 2.46 bits per heavy atom. The predicted molar refractivity (Wildman–Crippen MR) is 54.5 cm³/mol. The fraction of sp³-hybridized carbons (Fsp3) is 0.700. The van der Waals surface area contributed by atoms with Gasteiger partial charge >= 0.3 is 0 Å². The van der Waals surface area contributed by atoms with Crippen molar-refractivity contribution in [2.45, 2.75) is 39.8 Å². The van der Waals surface area contributed by atoms with Crippen LogP contribution >= 0.6 is 0 Å². The molecule has 74 valence electrons. The summed E-state index contributed by atoms with van der Waals surface area (Å²) >= 11 is 0. The highest BCUT2D eigenvalue weighted by Gasteiger charge is 2.10. The van der Waals surface area contributed by atoms with E-state index in [2.05, 4.69) is 38.1 Å². The zero-order valence-electron chi connectivity index (χ0n) is 9.18. The third kappa shape index (κ3) is 3.19. The molecular formula is C10H19N3. The van der Waals surface area contributed by atoms with E-state index in [4.69, 9.17) is 0 Å². The Balaban J connectivity index is 2.59. The second-order valence-corrected chi connectivity index (χ2v) is 4.54. The second kappa shape index (κ2) is 3.50. The van der Waals surface area contributed by atoms with Crippen LogP contribution in [-0.4, -0.2) is 15.3 Å². The molecule has 3 heteroatoms. The molecule has 1 rings (SSSR count). The smallest absolute Gasteiger partial charge is 0.0791 e. The largest absolute Gasteiger partial charge is 0.306 e. The molecule has 0 aromatic carbocycles. The van der Waals surface area contributed by atoms with Crippen LogP contribution < -0.4 is 5.32 Å². The number of rotatable bonds is 2. The summed E-state index contributed by atoms with van der Waals surface area (Å²) in [7, 11) is 1.95. The highest BCUT2D eigenvalue weighted by molar-refractivity contribution is 5.14. The monoisotopic (exact) mass is 181 g/mol. The molecule has 1 N–H and O–H groups in total. The molecule has 0 radical (unpaired) electrons. The summed E-state index contributed by atoms with van der Waals surface area (Å²) in [4.78, 5) is 0. The minimum absolute atomic E-state index is 0.157. The van der Waals surface area contributed by atoms with E-state index in [0.717, 1.165) is 12.2 Å². The van der Waals surface area contributed by atoms with Crippen molar-refractivity contribution in [3.05, 3.63) is 17.5 Å². The summed E-state index contributed by atoms with van der Waals surface area (Å²) in [5, 5.41) is 7.78. The van der Waals surface area contributed by atoms with E-state index in [0.29, 0.717) is 0 Å². The fourth-order valence-electron chi connectivity index (χ4n) is 1.18. The van der Waals surface area contributed by atoms with Crippen molar-refractivity contribution >= 4 is 0 Å². The zero-order chi connectivity index (χ0) is 10.1. The molecule has 0 aliphatic heterocycles. The summed E-state index contributed by atoms with van der Waals surface area (Å²) in [5.74, 6) is 0. The second-order valence-electron chi connectivity index (χ2n) is 4.54. The molecular weight excluding hydrogens is 162 g/mol. The van der Waals surface area contributed by atoms with Gasteiger partial charge in [-0.2, -0.15) is 5.10 Å². The molecule has 13 heavy (non-hydrogen) atoms. The van der Waals surface area contributed by atoms with Gasteiger partial charge in [0.2, 0.25) is 0 Å². The van der Waals surface area contributed by atoms with E-state index in [-0.39, 0.29) is 5.54 Å². The number of aryl methyl sites for hydroxylation is 2. The first-order chi connectivity index (χ1) is 5.88. The third-order valence-corrected chi connectivity index (χ3v) is 1.90. The Labute approximate surface area is 80.1 Å². The number of nitrogens with zero attached hydrogens (tertiary/aromatic N) is 2. The van der Waals surface area contributed by atoms with Gasteiger partial charge in [-0.3, -0.25) is 4.68 Å². The number of aromatic nitrogens is 2. The third-order valence-electron chi connectivity index (χ3n) is 1.90. The van der Waals surface area contributed by atoms with Crippen LogP contribution in [0.4, 0.5) is 0 Å². The lowest BCUT2D eigenvalue weighted by Crippen LogP contribution is -2.35. The van der Waals surface area contributed by atoms with Crippen LogP contribution in [0.1, 0.15) is 32.0 Å². The van der Waals surface area contributed by atoms with Crippen molar-refractivity contribution in [3.63, 3.8) is 0 Å². The van der Waals surface area contributed by atoms with Crippen LogP contribution in [0.5, 0.6) is 0 Å². The Bertz CT molecular complexity index is 281. The first-order valence-corrected chi connectivity index (χ1v) is 4.62. The lowest BCUT2D eigenvalue weighted by atomic mass is 10.1. The van der Waals surface area contributed by atoms with Gasteiger partial charge in [0.15, 0.2) is 0 Å². The molecule has 0 aliphatic carbocycles. The van der Waals surface area contributed by atoms with Gasteiger partial charge < -0.3 is 5.32 Å². The Hall–Kier alpha value is -0.830. The topological polar surface area (TPSA) is 29.9 Å². The Morgan fingerprint density at radius 1 is 1.46 bits per heavy atom. The molecule has 0 unspecified atom stereocenters. The van der Waals surface area contributed by atoms with Crippen molar-refractivity contribution in [3.8, 4) is 0 Å². The van der Waals surface area contributed by atoms with Crippen LogP contribution in [0, 0.1) is 6.92 Å².